The molecule has 1 aromatic carbocycles. The van der Waals surface area contributed by atoms with Gasteiger partial charge in [-0.2, -0.15) is 4.31 Å². The maximum absolute atomic E-state index is 12.9. The number of benzene rings is 1. The normalized spacial score (nSPS) is 22.4. The summed E-state index contributed by atoms with van der Waals surface area (Å²) in [6.45, 7) is 2.21. The van der Waals surface area contributed by atoms with Gasteiger partial charge in [-0.25, -0.2) is 16.8 Å². The molecule has 1 saturated heterocycles. The van der Waals surface area contributed by atoms with Crippen molar-refractivity contribution in [3.63, 3.8) is 0 Å². The van der Waals surface area contributed by atoms with Crippen LogP contribution in [0.15, 0.2) is 34.1 Å². The number of nitrogens with two attached hydrogens (primary N) is 1. The molecule has 1 aliphatic heterocycles. The van der Waals surface area contributed by atoms with Crippen LogP contribution in [0.5, 0.6) is 0 Å². The average Bonchev–Trinajstić information content (AvgIpc) is 2.46. The van der Waals surface area contributed by atoms with Crippen molar-refractivity contribution in [2.75, 3.05) is 12.8 Å². The molecule has 22 heavy (non-hydrogen) atoms. The van der Waals surface area contributed by atoms with Crippen LogP contribution in [0.3, 0.4) is 0 Å². The fraction of sp³-hybridized carbons (Fsp3) is 0.571. The van der Waals surface area contributed by atoms with Crippen LogP contribution in [0.4, 0.5) is 0 Å². The van der Waals surface area contributed by atoms with Gasteiger partial charge < -0.3 is 5.73 Å². The Kier molecular flexibility index (Phi) is 4.96. The smallest absolute Gasteiger partial charge is 0.243 e. The van der Waals surface area contributed by atoms with E-state index in [-0.39, 0.29) is 21.9 Å². The first-order chi connectivity index (χ1) is 10.1. The van der Waals surface area contributed by atoms with Gasteiger partial charge in [0.2, 0.25) is 10.0 Å². The third-order valence-electron chi connectivity index (χ3n) is 3.95. The van der Waals surface area contributed by atoms with Crippen LogP contribution in [-0.2, 0) is 19.9 Å². The number of sulfonamides is 1. The van der Waals surface area contributed by atoms with Gasteiger partial charge in [-0.05, 0) is 38.0 Å². The first kappa shape index (κ1) is 17.4. The van der Waals surface area contributed by atoms with Crippen LogP contribution in [0.2, 0.25) is 0 Å². The molecule has 2 unspecified atom stereocenters. The van der Waals surface area contributed by atoms with E-state index in [9.17, 15) is 16.8 Å². The minimum atomic E-state index is -3.75. The molecule has 2 N–H and O–H groups in total. The molecule has 0 aliphatic carbocycles. The maximum Gasteiger partial charge on any atom is 0.243 e. The summed E-state index contributed by atoms with van der Waals surface area (Å²) in [5.41, 5.74) is 5.93. The Morgan fingerprint density at radius 2 is 1.82 bits per heavy atom. The van der Waals surface area contributed by atoms with Crippen LogP contribution in [0, 0.1) is 0 Å². The zero-order valence-electron chi connectivity index (χ0n) is 12.8. The van der Waals surface area contributed by atoms with Gasteiger partial charge in [0, 0.05) is 24.9 Å². The van der Waals surface area contributed by atoms with Gasteiger partial charge in [0.15, 0.2) is 9.84 Å². The Bertz CT molecular complexity index is 742. The number of rotatable bonds is 4. The van der Waals surface area contributed by atoms with E-state index in [4.69, 9.17) is 5.73 Å². The fourth-order valence-corrected chi connectivity index (χ4v) is 5.32. The zero-order valence-corrected chi connectivity index (χ0v) is 14.4. The van der Waals surface area contributed by atoms with Gasteiger partial charge in [-0.3, -0.25) is 0 Å². The fourth-order valence-electron chi connectivity index (χ4n) is 2.76. The Labute approximate surface area is 132 Å². The number of hydrogen-bond acceptors (Lipinski definition) is 5. The average molecular weight is 346 g/mol. The molecular weight excluding hydrogens is 324 g/mol. The highest BCUT2D eigenvalue weighted by molar-refractivity contribution is 7.91. The summed E-state index contributed by atoms with van der Waals surface area (Å²) < 4.78 is 50.4. The van der Waals surface area contributed by atoms with Crippen LogP contribution in [0.1, 0.15) is 26.2 Å². The van der Waals surface area contributed by atoms with E-state index in [1.165, 1.54) is 28.6 Å². The van der Waals surface area contributed by atoms with Crippen molar-refractivity contribution < 1.29 is 16.8 Å². The van der Waals surface area contributed by atoms with Gasteiger partial charge in [-0.15, -0.1) is 0 Å². The predicted molar refractivity (Wildman–Crippen MR) is 84.7 cm³/mol. The molecule has 1 fully saturated rings. The first-order valence-electron chi connectivity index (χ1n) is 7.21. The first-order valence-corrected chi connectivity index (χ1v) is 10.5. The largest absolute Gasteiger partial charge is 0.326 e. The Balaban J connectivity index is 2.46. The molecule has 6 nitrogen and oxygen atoms in total. The molecule has 2 atom stereocenters. The Morgan fingerprint density at radius 3 is 2.41 bits per heavy atom. The second-order valence-corrected chi connectivity index (χ2v) is 9.69. The standard InChI is InChI=1S/C14H22N2O4S2/c1-11(15)14-8-3-4-9-16(14)22(19,20)13-7-5-6-12(10-13)21(2,17)18/h5-7,10-11,14H,3-4,8-9,15H2,1-2H3. The molecule has 1 aliphatic rings. The van der Waals surface area contributed by atoms with Gasteiger partial charge in [-0.1, -0.05) is 12.5 Å². The van der Waals surface area contributed by atoms with Crippen molar-refractivity contribution in [3.8, 4) is 0 Å². The summed E-state index contributed by atoms with van der Waals surface area (Å²) in [5, 5.41) is 0. The molecule has 0 radical (unpaired) electrons. The highest BCUT2D eigenvalue weighted by atomic mass is 32.2. The number of sulfone groups is 1. The summed E-state index contributed by atoms with van der Waals surface area (Å²) in [6.07, 6.45) is 3.52. The molecule has 0 bridgehead atoms. The number of hydrogen-bond donors (Lipinski definition) is 1. The van der Waals surface area contributed by atoms with E-state index < -0.39 is 19.9 Å². The lowest BCUT2D eigenvalue weighted by Crippen LogP contribution is -2.51. The van der Waals surface area contributed by atoms with E-state index in [1.54, 1.807) is 6.92 Å². The Morgan fingerprint density at radius 1 is 1.18 bits per heavy atom. The Hall–Kier alpha value is -0.960. The summed E-state index contributed by atoms with van der Waals surface area (Å²) in [4.78, 5) is 0.00547. The second-order valence-electron chi connectivity index (χ2n) is 5.79. The van der Waals surface area contributed by atoms with Gasteiger partial charge in [0.05, 0.1) is 9.79 Å². The molecule has 0 aromatic heterocycles. The molecule has 0 amide bonds. The highest BCUT2D eigenvalue weighted by Gasteiger charge is 2.35. The topological polar surface area (TPSA) is 97.5 Å². The summed E-state index contributed by atoms with van der Waals surface area (Å²) in [6, 6.07) is 4.98. The highest BCUT2D eigenvalue weighted by Crippen LogP contribution is 2.27. The quantitative estimate of drug-likeness (QED) is 0.876. The second kappa shape index (κ2) is 6.27. The van der Waals surface area contributed by atoms with E-state index in [1.807, 2.05) is 0 Å². The molecular formula is C14H22N2O4S2. The zero-order chi connectivity index (χ0) is 16.5. The van der Waals surface area contributed by atoms with Gasteiger partial charge in [0.1, 0.15) is 0 Å². The predicted octanol–water partition coefficient (Wildman–Crippen LogP) is 0.980. The van der Waals surface area contributed by atoms with Crippen molar-refractivity contribution >= 4 is 19.9 Å². The van der Waals surface area contributed by atoms with Crippen LogP contribution in [-0.4, -0.2) is 46.0 Å². The molecule has 0 saturated carbocycles. The van der Waals surface area contributed by atoms with Crippen molar-refractivity contribution in [2.24, 2.45) is 5.73 Å². The lowest BCUT2D eigenvalue weighted by molar-refractivity contribution is 0.227. The molecule has 124 valence electrons. The number of nitrogens with zero attached hydrogens (tertiary/aromatic N) is 1. The summed E-state index contributed by atoms with van der Waals surface area (Å²) in [7, 11) is -7.20. The molecule has 1 heterocycles. The summed E-state index contributed by atoms with van der Waals surface area (Å²) >= 11 is 0. The van der Waals surface area contributed by atoms with E-state index >= 15 is 0 Å². The lowest BCUT2D eigenvalue weighted by Gasteiger charge is -2.36. The third kappa shape index (κ3) is 3.51. The molecule has 0 spiro atoms. The molecule has 8 heteroatoms. The summed E-state index contributed by atoms with van der Waals surface area (Å²) in [5.74, 6) is 0. The van der Waals surface area contributed by atoms with Crippen molar-refractivity contribution in [3.05, 3.63) is 24.3 Å². The molecule has 1 aromatic rings. The minimum Gasteiger partial charge on any atom is -0.326 e. The van der Waals surface area contributed by atoms with Crippen LogP contribution in [0.25, 0.3) is 0 Å². The SMILES string of the molecule is CC(N)C1CCCCN1S(=O)(=O)c1cccc(S(C)(=O)=O)c1. The minimum absolute atomic E-state index is 0.00271. The third-order valence-corrected chi connectivity index (χ3v) is 6.98. The van der Waals surface area contributed by atoms with Gasteiger partial charge in [0.25, 0.3) is 0 Å². The van der Waals surface area contributed by atoms with Crippen LogP contribution < -0.4 is 5.73 Å². The van der Waals surface area contributed by atoms with Crippen molar-refractivity contribution in [1.82, 2.24) is 4.31 Å². The van der Waals surface area contributed by atoms with Gasteiger partial charge >= 0.3 is 0 Å². The number of piperidine rings is 1. The van der Waals surface area contributed by atoms with Crippen LogP contribution >= 0.6 is 0 Å². The van der Waals surface area contributed by atoms with E-state index in [0.717, 1.165) is 25.5 Å². The lowest BCUT2D eigenvalue weighted by atomic mass is 10.00. The monoisotopic (exact) mass is 346 g/mol. The maximum atomic E-state index is 12.9. The van der Waals surface area contributed by atoms with Crippen molar-refractivity contribution in [2.45, 2.75) is 48.1 Å². The van der Waals surface area contributed by atoms with E-state index in [2.05, 4.69) is 0 Å². The van der Waals surface area contributed by atoms with E-state index in [0.29, 0.717) is 6.54 Å². The molecule has 2 rings (SSSR count). The van der Waals surface area contributed by atoms with Crippen molar-refractivity contribution in [1.29, 1.82) is 0 Å².